The van der Waals surface area contributed by atoms with Gasteiger partial charge in [0.1, 0.15) is 11.9 Å². The summed E-state index contributed by atoms with van der Waals surface area (Å²) in [6, 6.07) is 1.41. The molecule has 0 aromatic heterocycles. The Morgan fingerprint density at radius 3 is 2.36 bits per heavy atom. The van der Waals surface area contributed by atoms with E-state index in [1.54, 1.807) is 0 Å². The summed E-state index contributed by atoms with van der Waals surface area (Å²) < 4.78 is 14.3. The molecule has 9 heteroatoms. The summed E-state index contributed by atoms with van der Waals surface area (Å²) in [5, 5.41) is 5.44. The summed E-state index contributed by atoms with van der Waals surface area (Å²) in [7, 11) is 0. The minimum Gasteiger partial charge on any atom is -0.314 e. The van der Waals surface area contributed by atoms with Gasteiger partial charge in [0.25, 0.3) is 11.8 Å². The van der Waals surface area contributed by atoms with Crippen LogP contribution in [0.4, 0.5) is 4.39 Å². The van der Waals surface area contributed by atoms with E-state index in [9.17, 15) is 23.6 Å². The molecule has 130 valence electrons. The van der Waals surface area contributed by atoms with Gasteiger partial charge in [-0.05, 0) is 18.6 Å². The number of nitrogens with one attached hydrogen (secondary N) is 2. The van der Waals surface area contributed by atoms with Crippen molar-refractivity contribution >= 4 is 35.4 Å². The fourth-order valence-corrected chi connectivity index (χ4v) is 4.20. The average molecular weight is 363 g/mol. The van der Waals surface area contributed by atoms with E-state index in [-0.39, 0.29) is 29.2 Å². The summed E-state index contributed by atoms with van der Waals surface area (Å²) in [6.45, 7) is 1.52. The van der Waals surface area contributed by atoms with E-state index in [1.165, 1.54) is 17.8 Å². The lowest BCUT2D eigenvalue weighted by Crippen LogP contribution is -2.54. The van der Waals surface area contributed by atoms with Crippen molar-refractivity contribution in [2.45, 2.75) is 29.0 Å². The summed E-state index contributed by atoms with van der Waals surface area (Å²) in [5.41, 5.74) is 0.0640. The number of piperidine rings is 1. The number of rotatable bonds is 3. The monoisotopic (exact) mass is 363 g/mol. The fraction of sp³-hybridized carbons (Fsp3) is 0.375. The second-order valence-electron chi connectivity index (χ2n) is 6.17. The molecule has 3 aliphatic heterocycles. The number of nitrogens with zero attached hydrogens (tertiary/aromatic N) is 1. The van der Waals surface area contributed by atoms with Gasteiger partial charge in [-0.15, -0.1) is 11.8 Å². The lowest BCUT2D eigenvalue weighted by Gasteiger charge is -2.27. The molecular formula is C16H14FN3O4S. The van der Waals surface area contributed by atoms with Crippen LogP contribution in [0.25, 0.3) is 0 Å². The molecule has 4 amide bonds. The predicted molar refractivity (Wildman–Crippen MR) is 85.6 cm³/mol. The van der Waals surface area contributed by atoms with Crippen molar-refractivity contribution in [3.63, 3.8) is 0 Å². The van der Waals surface area contributed by atoms with Crippen molar-refractivity contribution in [3.8, 4) is 0 Å². The van der Waals surface area contributed by atoms with Gasteiger partial charge in [0.2, 0.25) is 11.8 Å². The minimum absolute atomic E-state index is 0.0386. The first-order valence-corrected chi connectivity index (χ1v) is 8.76. The second-order valence-corrected chi connectivity index (χ2v) is 7.52. The number of carbonyl (C=O) groups is 4. The highest BCUT2D eigenvalue weighted by molar-refractivity contribution is 8.00. The normalized spacial score (nSPS) is 23.6. The smallest absolute Gasteiger partial charge is 0.262 e. The highest BCUT2D eigenvalue weighted by atomic mass is 32.2. The highest BCUT2D eigenvalue weighted by Crippen LogP contribution is 2.34. The quantitative estimate of drug-likeness (QED) is 0.750. The lowest BCUT2D eigenvalue weighted by molar-refractivity contribution is -0.136. The number of carbonyl (C=O) groups excluding carboxylic acids is 4. The number of halogens is 1. The molecule has 0 bridgehead atoms. The molecule has 2 fully saturated rings. The van der Waals surface area contributed by atoms with E-state index in [0.717, 1.165) is 24.1 Å². The van der Waals surface area contributed by atoms with Gasteiger partial charge in [-0.2, -0.15) is 0 Å². The first kappa shape index (κ1) is 16.2. The van der Waals surface area contributed by atoms with Gasteiger partial charge in [-0.1, -0.05) is 0 Å². The Kier molecular flexibility index (Phi) is 3.84. The van der Waals surface area contributed by atoms with Crippen LogP contribution in [0.1, 0.15) is 33.6 Å². The largest absolute Gasteiger partial charge is 0.314 e. The van der Waals surface area contributed by atoms with Crippen LogP contribution in [0.15, 0.2) is 17.0 Å². The van der Waals surface area contributed by atoms with Crippen molar-refractivity contribution in [1.82, 2.24) is 15.5 Å². The molecule has 1 aromatic rings. The zero-order chi connectivity index (χ0) is 17.7. The van der Waals surface area contributed by atoms with Crippen molar-refractivity contribution < 1.29 is 23.6 Å². The molecule has 1 unspecified atom stereocenters. The molecule has 0 spiro atoms. The van der Waals surface area contributed by atoms with Crippen LogP contribution < -0.4 is 10.6 Å². The molecule has 7 nitrogen and oxygen atoms in total. The third-order valence-corrected chi connectivity index (χ3v) is 5.76. The SMILES string of the molecule is O=C1CCC(N2C(=O)c3cc(F)c(SC4CNC4)cc3C2=O)C(=O)N1. The van der Waals surface area contributed by atoms with Gasteiger partial charge in [0, 0.05) is 29.7 Å². The third-order valence-electron chi connectivity index (χ3n) is 4.53. The molecule has 0 aliphatic carbocycles. The van der Waals surface area contributed by atoms with Crippen LogP contribution in [0, 0.1) is 5.82 Å². The number of hydrogen-bond donors (Lipinski definition) is 2. The highest BCUT2D eigenvalue weighted by Gasteiger charge is 2.45. The Labute approximate surface area is 146 Å². The molecule has 0 saturated carbocycles. The molecule has 2 saturated heterocycles. The molecule has 1 aromatic carbocycles. The maximum absolute atomic E-state index is 14.3. The summed E-state index contributed by atoms with van der Waals surface area (Å²) in [5.74, 6) is -2.99. The maximum atomic E-state index is 14.3. The van der Waals surface area contributed by atoms with E-state index in [0.29, 0.717) is 4.90 Å². The first-order valence-electron chi connectivity index (χ1n) is 7.88. The van der Waals surface area contributed by atoms with E-state index in [1.807, 2.05) is 0 Å². The van der Waals surface area contributed by atoms with E-state index in [4.69, 9.17) is 0 Å². The molecule has 1 atom stereocenters. The van der Waals surface area contributed by atoms with Crippen LogP contribution in [-0.2, 0) is 9.59 Å². The van der Waals surface area contributed by atoms with Crippen LogP contribution in [-0.4, -0.2) is 52.9 Å². The van der Waals surface area contributed by atoms with Gasteiger partial charge in [0.15, 0.2) is 0 Å². The van der Waals surface area contributed by atoms with Gasteiger partial charge in [-0.25, -0.2) is 4.39 Å². The minimum atomic E-state index is -1.04. The maximum Gasteiger partial charge on any atom is 0.262 e. The number of imide groups is 2. The fourth-order valence-electron chi connectivity index (χ4n) is 3.09. The Morgan fingerprint density at radius 1 is 1.08 bits per heavy atom. The zero-order valence-corrected chi connectivity index (χ0v) is 13.8. The average Bonchev–Trinajstić information content (AvgIpc) is 2.75. The van der Waals surface area contributed by atoms with Gasteiger partial charge in [-0.3, -0.25) is 29.4 Å². The second kappa shape index (κ2) is 5.92. The lowest BCUT2D eigenvalue weighted by atomic mass is 10.0. The van der Waals surface area contributed by atoms with Crippen LogP contribution >= 0.6 is 11.8 Å². The number of benzene rings is 1. The van der Waals surface area contributed by atoms with Gasteiger partial charge in [0.05, 0.1) is 11.1 Å². The van der Waals surface area contributed by atoms with Crippen LogP contribution in [0.2, 0.25) is 0 Å². The molecule has 4 rings (SSSR count). The van der Waals surface area contributed by atoms with E-state index < -0.39 is 35.5 Å². The number of hydrogen-bond acceptors (Lipinski definition) is 6. The number of thioether (sulfide) groups is 1. The van der Waals surface area contributed by atoms with Crippen molar-refractivity contribution in [3.05, 3.63) is 29.1 Å². The topological polar surface area (TPSA) is 95.6 Å². The van der Waals surface area contributed by atoms with E-state index in [2.05, 4.69) is 10.6 Å². The Balaban J connectivity index is 1.65. The number of fused-ring (bicyclic) bond motifs is 1. The summed E-state index contributed by atoms with van der Waals surface area (Å²) in [6.07, 6.45) is 0.127. The molecule has 0 radical (unpaired) electrons. The Bertz CT molecular complexity index is 824. The van der Waals surface area contributed by atoms with Crippen molar-refractivity contribution in [2.75, 3.05) is 13.1 Å². The van der Waals surface area contributed by atoms with Crippen LogP contribution in [0.5, 0.6) is 0 Å². The molecule has 3 heterocycles. The molecular weight excluding hydrogens is 349 g/mol. The Morgan fingerprint density at radius 2 is 1.76 bits per heavy atom. The number of amides is 4. The third kappa shape index (κ3) is 2.63. The van der Waals surface area contributed by atoms with Gasteiger partial charge >= 0.3 is 0 Å². The predicted octanol–water partition coefficient (Wildman–Crippen LogP) is 0.291. The molecule has 2 N–H and O–H groups in total. The zero-order valence-electron chi connectivity index (χ0n) is 13.0. The first-order chi connectivity index (χ1) is 12.0. The Hall–Kier alpha value is -2.26. The summed E-state index contributed by atoms with van der Waals surface area (Å²) in [4.78, 5) is 49.6. The standard InChI is InChI=1S/C16H14FN3O4S/c17-10-3-8-9(4-12(10)25-7-5-18-6-7)16(24)20(15(8)23)11-1-2-13(21)19-14(11)22/h3-4,7,11,18H,1-2,5-6H2,(H,19,21,22). The molecule has 3 aliphatic rings. The van der Waals surface area contributed by atoms with E-state index >= 15 is 0 Å². The van der Waals surface area contributed by atoms with Crippen molar-refractivity contribution in [1.29, 1.82) is 0 Å². The van der Waals surface area contributed by atoms with Crippen LogP contribution in [0.3, 0.4) is 0 Å². The summed E-state index contributed by atoms with van der Waals surface area (Å²) >= 11 is 1.32. The van der Waals surface area contributed by atoms with Gasteiger partial charge < -0.3 is 5.32 Å². The molecule has 25 heavy (non-hydrogen) atoms. The van der Waals surface area contributed by atoms with Crippen molar-refractivity contribution in [2.24, 2.45) is 0 Å².